The standard InChI is InChI=1S/C19H22ClNO4S2/c1-3-10-25-19(22)17-15-9-4-12(2)11-16(15)26-18(17)21-27(23,24)14-7-5-13(20)6-8-14/h5-8,12,21H,3-4,9-11H2,1-2H3/t12-/m1/s1. The number of halogens is 1. The van der Waals surface area contributed by atoms with E-state index < -0.39 is 16.0 Å². The zero-order chi connectivity index (χ0) is 19.6. The number of nitrogens with one attached hydrogen (secondary N) is 1. The topological polar surface area (TPSA) is 72.5 Å². The molecule has 0 spiro atoms. The van der Waals surface area contributed by atoms with Gasteiger partial charge in [0.2, 0.25) is 0 Å². The number of sulfonamides is 1. The van der Waals surface area contributed by atoms with Gasteiger partial charge in [-0.2, -0.15) is 0 Å². The number of thiophene rings is 1. The summed E-state index contributed by atoms with van der Waals surface area (Å²) in [6.07, 6.45) is 3.28. The fourth-order valence-electron chi connectivity index (χ4n) is 3.10. The lowest BCUT2D eigenvalue weighted by Crippen LogP contribution is -2.17. The average molecular weight is 428 g/mol. The lowest BCUT2D eigenvalue weighted by Gasteiger charge is -2.18. The number of fused-ring (bicyclic) bond motifs is 1. The van der Waals surface area contributed by atoms with Gasteiger partial charge in [0.15, 0.2) is 0 Å². The number of anilines is 1. The van der Waals surface area contributed by atoms with Crippen LogP contribution < -0.4 is 4.72 Å². The van der Waals surface area contributed by atoms with Gasteiger partial charge in [0.25, 0.3) is 10.0 Å². The van der Waals surface area contributed by atoms with Crippen LogP contribution in [0.25, 0.3) is 0 Å². The Bertz CT molecular complexity index is 935. The number of hydrogen-bond acceptors (Lipinski definition) is 5. The summed E-state index contributed by atoms with van der Waals surface area (Å²) < 4.78 is 33.5. The summed E-state index contributed by atoms with van der Waals surface area (Å²) in [5.74, 6) is 0.0501. The quantitative estimate of drug-likeness (QED) is 0.666. The smallest absolute Gasteiger partial charge is 0.341 e. The first-order valence-electron chi connectivity index (χ1n) is 8.92. The first-order valence-corrected chi connectivity index (χ1v) is 11.6. The Morgan fingerprint density at radius 2 is 2.04 bits per heavy atom. The summed E-state index contributed by atoms with van der Waals surface area (Å²) >= 11 is 7.18. The van der Waals surface area contributed by atoms with Crippen LogP contribution in [0.5, 0.6) is 0 Å². The summed E-state index contributed by atoms with van der Waals surface area (Å²) in [7, 11) is -3.83. The molecule has 0 aliphatic heterocycles. The Morgan fingerprint density at radius 3 is 2.70 bits per heavy atom. The fourth-order valence-corrected chi connectivity index (χ4v) is 5.93. The zero-order valence-corrected chi connectivity index (χ0v) is 17.6. The van der Waals surface area contributed by atoms with Crippen LogP contribution in [-0.2, 0) is 27.6 Å². The number of rotatable bonds is 6. The van der Waals surface area contributed by atoms with Gasteiger partial charge in [-0.15, -0.1) is 11.3 Å². The minimum Gasteiger partial charge on any atom is -0.462 e. The molecule has 2 aromatic rings. The normalized spacial score (nSPS) is 16.6. The van der Waals surface area contributed by atoms with Crippen molar-refractivity contribution in [2.75, 3.05) is 11.3 Å². The Labute approximate surface area is 168 Å². The van der Waals surface area contributed by atoms with E-state index in [2.05, 4.69) is 11.6 Å². The summed E-state index contributed by atoms with van der Waals surface area (Å²) in [5, 5.41) is 0.795. The third kappa shape index (κ3) is 4.47. The van der Waals surface area contributed by atoms with E-state index in [-0.39, 0.29) is 4.90 Å². The first-order chi connectivity index (χ1) is 12.8. The highest BCUT2D eigenvalue weighted by Crippen LogP contribution is 2.41. The van der Waals surface area contributed by atoms with Gasteiger partial charge >= 0.3 is 5.97 Å². The van der Waals surface area contributed by atoms with E-state index in [1.54, 1.807) is 0 Å². The van der Waals surface area contributed by atoms with E-state index in [9.17, 15) is 13.2 Å². The predicted octanol–water partition coefficient (Wildman–Crippen LogP) is 4.89. The number of carbonyl (C=O) groups excluding carboxylic acids is 1. The van der Waals surface area contributed by atoms with Gasteiger partial charge in [-0.1, -0.05) is 25.4 Å². The second-order valence-corrected chi connectivity index (χ2v) is 9.98. The van der Waals surface area contributed by atoms with Gasteiger partial charge in [0, 0.05) is 9.90 Å². The van der Waals surface area contributed by atoms with Gasteiger partial charge in [0.1, 0.15) is 5.00 Å². The van der Waals surface area contributed by atoms with Crippen molar-refractivity contribution in [3.05, 3.63) is 45.3 Å². The van der Waals surface area contributed by atoms with Crippen molar-refractivity contribution >= 4 is 43.9 Å². The molecule has 8 heteroatoms. The first kappa shape index (κ1) is 20.2. The molecule has 1 aromatic carbocycles. The van der Waals surface area contributed by atoms with Crippen LogP contribution in [0.4, 0.5) is 5.00 Å². The third-order valence-corrected chi connectivity index (χ3v) is 7.42. The maximum atomic E-state index is 12.8. The largest absolute Gasteiger partial charge is 0.462 e. The molecule has 0 saturated heterocycles. The van der Waals surface area contributed by atoms with Crippen LogP contribution >= 0.6 is 22.9 Å². The molecule has 0 saturated carbocycles. The Morgan fingerprint density at radius 1 is 1.33 bits per heavy atom. The molecule has 1 N–H and O–H groups in total. The maximum Gasteiger partial charge on any atom is 0.341 e. The van der Waals surface area contributed by atoms with Crippen LogP contribution in [0, 0.1) is 5.92 Å². The van der Waals surface area contributed by atoms with Crippen molar-refractivity contribution in [3.8, 4) is 0 Å². The van der Waals surface area contributed by atoms with Gasteiger partial charge in [-0.05, 0) is 61.4 Å². The van der Waals surface area contributed by atoms with Crippen molar-refractivity contribution in [1.29, 1.82) is 0 Å². The summed E-state index contributed by atoms with van der Waals surface area (Å²) in [6.45, 7) is 4.39. The van der Waals surface area contributed by atoms with Crippen LogP contribution in [0.1, 0.15) is 47.5 Å². The van der Waals surface area contributed by atoms with Crippen LogP contribution in [0.3, 0.4) is 0 Å². The minimum atomic E-state index is -3.83. The SMILES string of the molecule is CCCOC(=O)c1c(NS(=O)(=O)c2ccc(Cl)cc2)sc2c1CC[C@@H](C)C2. The molecule has 1 atom stereocenters. The van der Waals surface area contributed by atoms with Gasteiger partial charge in [-0.25, -0.2) is 13.2 Å². The van der Waals surface area contributed by atoms with E-state index in [1.807, 2.05) is 6.92 Å². The molecule has 1 heterocycles. The predicted molar refractivity (Wildman–Crippen MR) is 108 cm³/mol. The molecular formula is C19H22ClNO4S2. The van der Waals surface area contributed by atoms with E-state index in [1.165, 1.54) is 35.6 Å². The Hall–Kier alpha value is -1.57. The van der Waals surface area contributed by atoms with Crippen LogP contribution in [0.2, 0.25) is 5.02 Å². The second kappa shape index (κ2) is 8.20. The Balaban J connectivity index is 1.98. The fraction of sp³-hybridized carbons (Fsp3) is 0.421. The van der Waals surface area contributed by atoms with E-state index in [4.69, 9.17) is 16.3 Å². The summed E-state index contributed by atoms with van der Waals surface area (Å²) in [6, 6.07) is 5.92. The van der Waals surface area contributed by atoms with Gasteiger partial charge < -0.3 is 4.74 Å². The maximum absolute atomic E-state index is 12.8. The molecule has 0 amide bonds. The van der Waals surface area contributed by atoms with Crippen molar-refractivity contribution in [3.63, 3.8) is 0 Å². The van der Waals surface area contributed by atoms with E-state index >= 15 is 0 Å². The van der Waals surface area contributed by atoms with Crippen molar-refractivity contribution < 1.29 is 17.9 Å². The number of esters is 1. The molecule has 0 bridgehead atoms. The van der Waals surface area contributed by atoms with Crippen molar-refractivity contribution in [1.82, 2.24) is 0 Å². The number of hydrogen-bond donors (Lipinski definition) is 1. The lowest BCUT2D eigenvalue weighted by atomic mass is 9.88. The molecule has 146 valence electrons. The van der Waals surface area contributed by atoms with Crippen molar-refractivity contribution in [2.45, 2.75) is 44.4 Å². The average Bonchev–Trinajstić information content (AvgIpc) is 2.96. The third-order valence-electron chi connectivity index (χ3n) is 4.50. The molecular weight excluding hydrogens is 406 g/mol. The van der Waals surface area contributed by atoms with Gasteiger partial charge in [-0.3, -0.25) is 4.72 Å². The molecule has 0 fully saturated rings. The monoisotopic (exact) mass is 427 g/mol. The number of carbonyl (C=O) groups is 1. The van der Waals surface area contributed by atoms with E-state index in [0.717, 1.165) is 29.7 Å². The summed E-state index contributed by atoms with van der Waals surface area (Å²) in [4.78, 5) is 13.8. The Kier molecular flexibility index (Phi) is 6.13. The molecule has 3 rings (SSSR count). The molecule has 0 unspecified atom stereocenters. The number of benzene rings is 1. The molecule has 1 aliphatic rings. The molecule has 27 heavy (non-hydrogen) atoms. The molecule has 1 aromatic heterocycles. The van der Waals surface area contributed by atoms with E-state index in [0.29, 0.717) is 34.5 Å². The lowest BCUT2D eigenvalue weighted by molar-refractivity contribution is 0.0505. The highest BCUT2D eigenvalue weighted by Gasteiger charge is 2.30. The summed E-state index contributed by atoms with van der Waals surface area (Å²) in [5.41, 5.74) is 1.29. The minimum absolute atomic E-state index is 0.0968. The second-order valence-electron chi connectivity index (χ2n) is 6.75. The van der Waals surface area contributed by atoms with Gasteiger partial charge in [0.05, 0.1) is 17.1 Å². The highest BCUT2D eigenvalue weighted by molar-refractivity contribution is 7.93. The van der Waals surface area contributed by atoms with Crippen LogP contribution in [-0.4, -0.2) is 21.0 Å². The molecule has 1 aliphatic carbocycles. The highest BCUT2D eigenvalue weighted by atomic mass is 35.5. The van der Waals surface area contributed by atoms with Crippen molar-refractivity contribution in [2.24, 2.45) is 5.92 Å². The molecule has 5 nitrogen and oxygen atoms in total. The van der Waals surface area contributed by atoms with Crippen LogP contribution in [0.15, 0.2) is 29.2 Å². The molecule has 0 radical (unpaired) electrons. The number of ether oxygens (including phenoxy) is 1. The zero-order valence-electron chi connectivity index (χ0n) is 15.2.